The van der Waals surface area contributed by atoms with E-state index in [0.717, 1.165) is 77.3 Å². The van der Waals surface area contributed by atoms with Crippen LogP contribution in [0.25, 0.3) is 0 Å². The van der Waals surface area contributed by atoms with Gasteiger partial charge in [0.1, 0.15) is 29.8 Å². The van der Waals surface area contributed by atoms with Gasteiger partial charge in [-0.15, -0.1) is 0 Å². The highest BCUT2D eigenvalue weighted by Gasteiger charge is 2.85. The van der Waals surface area contributed by atoms with Gasteiger partial charge >= 0.3 is 6.09 Å². The number of nitrogens with one attached hydrogen (secondary N) is 4. The number of rotatable bonds is 12. The molecule has 0 aromatic rings. The smallest absolute Gasteiger partial charge is 0.408 e. The number of nitrogens with zero attached hydrogens (tertiary/aromatic N) is 2. The van der Waals surface area contributed by atoms with Crippen LogP contribution in [0.3, 0.4) is 0 Å². The largest absolute Gasteiger partial charge is 0.446 e. The van der Waals surface area contributed by atoms with Gasteiger partial charge in [0.15, 0.2) is 0 Å². The first kappa shape index (κ1) is 42.2. The third kappa shape index (κ3) is 7.47. The van der Waals surface area contributed by atoms with E-state index in [0.29, 0.717) is 38.6 Å². The monoisotopic (exact) mass is 816 g/mol. The highest BCUT2D eigenvalue weighted by molar-refractivity contribution is 7.91. The summed E-state index contributed by atoms with van der Waals surface area (Å²) >= 11 is 0. The number of sulfonamides is 1. The van der Waals surface area contributed by atoms with Gasteiger partial charge in [-0.25, -0.2) is 13.2 Å². The molecule has 0 unspecified atom stereocenters. The van der Waals surface area contributed by atoms with Gasteiger partial charge in [-0.05, 0) is 99.3 Å². The molecule has 2 spiro atoms. The molecule has 0 radical (unpaired) electrons. The van der Waals surface area contributed by atoms with Crippen molar-refractivity contribution >= 4 is 39.7 Å². The third-order valence-electron chi connectivity index (χ3n) is 16.0. The van der Waals surface area contributed by atoms with Crippen LogP contribution in [-0.2, 0) is 33.9 Å². The highest BCUT2D eigenvalue weighted by Crippen LogP contribution is 2.88. The number of carbonyl (C=O) groups excluding carboxylic acids is 5. The Morgan fingerprint density at radius 1 is 0.860 bits per heavy atom. The number of alkyl carbamates (subject to hydrolysis) is 1. The second kappa shape index (κ2) is 15.0. The Bertz CT molecular complexity index is 1720. The maximum absolute atomic E-state index is 15.2. The van der Waals surface area contributed by atoms with Crippen LogP contribution in [0.5, 0.6) is 0 Å². The van der Waals surface area contributed by atoms with Crippen LogP contribution in [0.15, 0.2) is 0 Å². The van der Waals surface area contributed by atoms with E-state index in [1.54, 1.807) is 4.90 Å². The van der Waals surface area contributed by atoms with Crippen molar-refractivity contribution in [3.63, 3.8) is 0 Å². The van der Waals surface area contributed by atoms with Crippen LogP contribution in [0, 0.1) is 33.5 Å². The molecule has 4 N–H and O–H groups in total. The van der Waals surface area contributed by atoms with E-state index in [4.69, 9.17) is 4.74 Å². The first-order chi connectivity index (χ1) is 26.7. The SMILES string of the molecule is CC[C@@H]1C[C@]1(NC(=O)[C@@H]1C[C@@]2(CN1C(=O)[C@@H](NC(=O)[C@@H](NC(=O)OC1CCN(C)CC1)C1CCCCC1)C(C)(C)C)C(C)(C)C21CCC1)C(=O)NS(=O)(=O)C1CC1. The topological polar surface area (TPSA) is 183 Å². The lowest BCUT2D eigenvalue weighted by Crippen LogP contribution is -2.62. The lowest BCUT2D eigenvalue weighted by molar-refractivity contribution is -0.145. The molecule has 6 atom stereocenters. The Morgan fingerprint density at radius 2 is 1.51 bits per heavy atom. The molecule has 5 saturated carbocycles. The van der Waals surface area contributed by atoms with E-state index in [9.17, 15) is 27.6 Å². The molecule has 14 nitrogen and oxygen atoms in total. The van der Waals surface area contributed by atoms with E-state index in [2.05, 4.69) is 39.4 Å². The number of piperidine rings is 1. The summed E-state index contributed by atoms with van der Waals surface area (Å²) in [5, 5.41) is 8.43. The number of fused-ring (bicyclic) bond motifs is 1. The molecule has 15 heteroatoms. The standard InChI is InChI=1S/C42H68N6O8S/c1-8-27-23-42(27,36(52)46-57(54,55)29-15-16-29)45-33(49)30-24-41(39(5,6)40(41)19-12-20-40)25-48(30)35(51)32(38(2,3)4)44-34(50)31(26-13-10-9-11-14-26)43-37(53)56-28-17-21-47(7)22-18-28/h26-32H,8-25H2,1-7H3,(H,43,53)(H,44,50)(H,45,49)(H,46,52)/t27-,30+,31+,32-,41-,42-/m1/s1. The van der Waals surface area contributed by atoms with Gasteiger partial charge in [-0.2, -0.15) is 0 Å². The molecule has 0 aromatic carbocycles. The van der Waals surface area contributed by atoms with Gasteiger partial charge in [-0.1, -0.05) is 73.6 Å². The predicted octanol–water partition coefficient (Wildman–Crippen LogP) is 3.98. The van der Waals surface area contributed by atoms with Crippen LogP contribution in [0.1, 0.15) is 138 Å². The fourth-order valence-electron chi connectivity index (χ4n) is 11.7. The van der Waals surface area contributed by atoms with E-state index < -0.39 is 68.2 Å². The number of likely N-dealkylation sites (tertiary alicyclic amines) is 2. The van der Waals surface area contributed by atoms with Gasteiger partial charge < -0.3 is 30.5 Å². The van der Waals surface area contributed by atoms with Crippen molar-refractivity contribution in [1.29, 1.82) is 0 Å². The molecule has 2 saturated heterocycles. The maximum atomic E-state index is 15.2. The fraction of sp³-hybridized carbons (Fsp3) is 0.881. The number of ether oxygens (including phenoxy) is 1. The zero-order chi connectivity index (χ0) is 41.3. The van der Waals surface area contributed by atoms with E-state index in [1.165, 1.54) is 0 Å². The van der Waals surface area contributed by atoms with Crippen molar-refractivity contribution in [3.05, 3.63) is 0 Å². The second-order valence-corrected chi connectivity index (χ2v) is 22.5. The third-order valence-corrected chi connectivity index (χ3v) is 17.8. The van der Waals surface area contributed by atoms with E-state index in [-0.39, 0.29) is 40.1 Å². The van der Waals surface area contributed by atoms with Crippen LogP contribution in [-0.4, -0.2) is 110 Å². The summed E-state index contributed by atoms with van der Waals surface area (Å²) in [7, 11) is -1.80. The minimum atomic E-state index is -3.84. The molecule has 5 amide bonds. The maximum Gasteiger partial charge on any atom is 0.408 e. The fourth-order valence-corrected chi connectivity index (χ4v) is 13.0. The molecule has 0 aromatic heterocycles. The predicted molar refractivity (Wildman–Crippen MR) is 214 cm³/mol. The zero-order valence-electron chi connectivity index (χ0n) is 35.3. The number of carbonyl (C=O) groups is 5. The number of amides is 5. The lowest BCUT2D eigenvalue weighted by Gasteiger charge is -2.38. The first-order valence-corrected chi connectivity index (χ1v) is 23.4. The Morgan fingerprint density at radius 3 is 2.04 bits per heavy atom. The summed E-state index contributed by atoms with van der Waals surface area (Å²) in [6, 6.07) is -2.84. The number of hydrogen-bond acceptors (Lipinski definition) is 9. The molecule has 57 heavy (non-hydrogen) atoms. The van der Waals surface area contributed by atoms with Crippen LogP contribution in [0.2, 0.25) is 0 Å². The summed E-state index contributed by atoms with van der Waals surface area (Å²) in [4.78, 5) is 75.2. The summed E-state index contributed by atoms with van der Waals surface area (Å²) < 4.78 is 33.8. The van der Waals surface area contributed by atoms with E-state index in [1.807, 2.05) is 34.7 Å². The average molecular weight is 817 g/mol. The Labute approximate surface area is 339 Å². The van der Waals surface area contributed by atoms with Gasteiger partial charge in [-0.3, -0.25) is 23.9 Å². The average Bonchev–Trinajstić information content (AvgIpc) is 4.08. The molecule has 2 heterocycles. The Balaban J connectivity index is 1.13. The van der Waals surface area contributed by atoms with Crippen LogP contribution < -0.4 is 20.7 Å². The first-order valence-electron chi connectivity index (χ1n) is 21.9. The highest BCUT2D eigenvalue weighted by atomic mass is 32.2. The molecule has 2 aliphatic heterocycles. The Kier molecular flexibility index (Phi) is 11.1. The molecule has 7 aliphatic rings. The van der Waals surface area contributed by atoms with Crippen molar-refractivity contribution in [2.24, 2.45) is 33.5 Å². The van der Waals surface area contributed by atoms with Crippen molar-refractivity contribution in [3.8, 4) is 0 Å². The molecule has 320 valence electrons. The summed E-state index contributed by atoms with van der Waals surface area (Å²) in [5.74, 6) is -2.34. The summed E-state index contributed by atoms with van der Waals surface area (Å²) in [5.41, 5.74) is -2.59. The molecule has 7 rings (SSSR count). The van der Waals surface area contributed by atoms with Gasteiger partial charge in [0.2, 0.25) is 27.7 Å². The van der Waals surface area contributed by atoms with E-state index >= 15 is 4.79 Å². The summed E-state index contributed by atoms with van der Waals surface area (Å²) in [6.07, 6.45) is 10.5. The van der Waals surface area contributed by atoms with Crippen LogP contribution >= 0.6 is 0 Å². The molecule has 7 fully saturated rings. The summed E-state index contributed by atoms with van der Waals surface area (Å²) in [6.45, 7) is 14.0. The normalized spacial score (nSPS) is 32.2. The molecular formula is C42H68N6O8S. The minimum absolute atomic E-state index is 0.00289. The van der Waals surface area contributed by atoms with Gasteiger partial charge in [0.05, 0.1) is 5.25 Å². The zero-order valence-corrected chi connectivity index (χ0v) is 36.2. The molecule has 5 aliphatic carbocycles. The molecular weight excluding hydrogens is 749 g/mol. The van der Waals surface area contributed by atoms with Gasteiger partial charge in [0, 0.05) is 25.0 Å². The molecule has 0 bridgehead atoms. The van der Waals surface area contributed by atoms with Crippen LogP contribution in [0.4, 0.5) is 4.79 Å². The van der Waals surface area contributed by atoms with Crippen molar-refractivity contribution in [1.82, 2.24) is 30.5 Å². The van der Waals surface area contributed by atoms with Crippen molar-refractivity contribution < 1.29 is 37.1 Å². The van der Waals surface area contributed by atoms with Crippen molar-refractivity contribution in [2.75, 3.05) is 26.7 Å². The second-order valence-electron chi connectivity index (χ2n) is 20.5. The Hall–Kier alpha value is -2.94. The van der Waals surface area contributed by atoms with Gasteiger partial charge in [0.25, 0.3) is 5.91 Å². The minimum Gasteiger partial charge on any atom is -0.446 e. The quantitative estimate of drug-likeness (QED) is 0.227. The lowest BCUT2D eigenvalue weighted by atomic mass is 9.73. The number of hydrogen-bond donors (Lipinski definition) is 4. The van der Waals surface area contributed by atoms with Crippen molar-refractivity contribution in [2.45, 2.75) is 173 Å².